The molecule has 3 amide bonds. The Morgan fingerprint density at radius 2 is 2.00 bits per heavy atom. The lowest BCUT2D eigenvalue weighted by atomic mass is 10.0. The van der Waals surface area contributed by atoms with Crippen LogP contribution in [0, 0.1) is 0 Å². The number of fused-ring (bicyclic) bond motifs is 2. The largest absolute Gasteiger partial charge is 0.482 e. The van der Waals surface area contributed by atoms with Gasteiger partial charge in [0.05, 0.1) is 18.7 Å². The van der Waals surface area contributed by atoms with E-state index >= 15 is 0 Å². The summed E-state index contributed by atoms with van der Waals surface area (Å²) in [5, 5.41) is 8.88. The fraction of sp³-hybridized carbons (Fsp3) is 0.375. The average Bonchev–Trinajstić information content (AvgIpc) is 3.39. The normalized spacial score (nSPS) is 18.7. The van der Waals surface area contributed by atoms with Gasteiger partial charge in [0.15, 0.2) is 6.61 Å². The number of ether oxygens (including phenoxy) is 2. The minimum absolute atomic E-state index is 0.0231. The third-order valence-electron chi connectivity index (χ3n) is 6.22. The fourth-order valence-corrected chi connectivity index (χ4v) is 4.52. The van der Waals surface area contributed by atoms with Crippen LogP contribution in [-0.4, -0.2) is 43.7 Å². The van der Waals surface area contributed by atoms with Crippen LogP contribution in [0.2, 0.25) is 0 Å². The average molecular weight is 468 g/mol. The van der Waals surface area contributed by atoms with Crippen LogP contribution in [0.25, 0.3) is 0 Å². The highest BCUT2D eigenvalue weighted by Gasteiger charge is 2.32. The summed E-state index contributed by atoms with van der Waals surface area (Å²) in [7, 11) is 0. The van der Waals surface area contributed by atoms with Gasteiger partial charge in [0.25, 0.3) is 5.91 Å². The van der Waals surface area contributed by atoms with Gasteiger partial charge in [-0.25, -0.2) is 9.18 Å². The number of benzene rings is 2. The van der Waals surface area contributed by atoms with Crippen LogP contribution in [0.5, 0.6) is 5.75 Å². The number of amides is 3. The van der Waals surface area contributed by atoms with Crippen molar-refractivity contribution >= 4 is 35.0 Å². The van der Waals surface area contributed by atoms with Crippen LogP contribution in [0.3, 0.4) is 0 Å². The summed E-state index contributed by atoms with van der Waals surface area (Å²) in [5.41, 5.74) is 4.14. The fourth-order valence-electron chi connectivity index (χ4n) is 4.52. The molecule has 34 heavy (non-hydrogen) atoms. The van der Waals surface area contributed by atoms with E-state index in [2.05, 4.69) is 16.0 Å². The number of hydrogen-bond donors (Lipinski definition) is 3. The van der Waals surface area contributed by atoms with Gasteiger partial charge in [-0.15, -0.1) is 0 Å². The zero-order chi connectivity index (χ0) is 23.7. The standard InChI is InChI=1S/C24H25FN4O5/c25-10-15-4-3-14-8-21(30)28-23(14)18(15)11-26-7-1-2-17-12-29(24(32)34-17)16-5-6-20-19(9-16)27-22(31)13-33-20/h3-6,9,17,26H,1-2,7-8,10-13H2,(H,27,31)(H,28,30). The third kappa shape index (κ3) is 4.41. The number of halogens is 1. The Balaban J connectivity index is 1.12. The number of nitrogens with zero attached hydrogens (tertiary/aromatic N) is 1. The van der Waals surface area contributed by atoms with Crippen molar-refractivity contribution in [3.63, 3.8) is 0 Å². The number of alkyl halides is 1. The van der Waals surface area contributed by atoms with E-state index in [1.165, 1.54) is 0 Å². The van der Waals surface area contributed by atoms with Crippen molar-refractivity contribution in [2.75, 3.05) is 35.2 Å². The minimum atomic E-state index is -0.591. The zero-order valence-corrected chi connectivity index (χ0v) is 18.5. The van der Waals surface area contributed by atoms with E-state index in [0.717, 1.165) is 23.2 Å². The van der Waals surface area contributed by atoms with Gasteiger partial charge in [0.2, 0.25) is 5.91 Å². The number of hydrogen-bond acceptors (Lipinski definition) is 6. The first-order chi connectivity index (χ1) is 16.5. The van der Waals surface area contributed by atoms with Crippen molar-refractivity contribution in [3.8, 4) is 5.75 Å². The molecule has 1 atom stereocenters. The molecule has 9 nitrogen and oxygen atoms in total. The van der Waals surface area contributed by atoms with Gasteiger partial charge in [0, 0.05) is 17.9 Å². The Morgan fingerprint density at radius 1 is 1.12 bits per heavy atom. The summed E-state index contributed by atoms with van der Waals surface area (Å²) in [6, 6.07) is 8.73. The number of anilines is 3. The second-order valence-corrected chi connectivity index (χ2v) is 8.55. The van der Waals surface area contributed by atoms with E-state index in [4.69, 9.17) is 9.47 Å². The first-order valence-corrected chi connectivity index (χ1v) is 11.3. The molecule has 3 N–H and O–H groups in total. The lowest BCUT2D eigenvalue weighted by Gasteiger charge is -2.20. The number of nitrogens with one attached hydrogen (secondary N) is 3. The van der Waals surface area contributed by atoms with Crippen molar-refractivity contribution in [2.24, 2.45) is 0 Å². The SMILES string of the molecule is O=C1COc2ccc(N3CC(CCCNCc4c(CF)ccc5c4NC(=O)C5)OC3=O)cc2N1. The Hall–Kier alpha value is -3.66. The third-order valence-corrected chi connectivity index (χ3v) is 6.22. The number of rotatable bonds is 8. The highest BCUT2D eigenvalue weighted by molar-refractivity contribution is 6.00. The summed E-state index contributed by atoms with van der Waals surface area (Å²) >= 11 is 0. The van der Waals surface area contributed by atoms with Crippen molar-refractivity contribution in [1.29, 1.82) is 0 Å². The summed E-state index contributed by atoms with van der Waals surface area (Å²) in [5.74, 6) is 0.257. The van der Waals surface area contributed by atoms with Gasteiger partial charge < -0.3 is 25.4 Å². The number of carbonyl (C=O) groups excluding carboxylic acids is 3. The van der Waals surface area contributed by atoms with E-state index in [-0.39, 0.29) is 24.5 Å². The molecule has 0 bridgehead atoms. The summed E-state index contributed by atoms with van der Waals surface area (Å²) in [4.78, 5) is 37.2. The first kappa shape index (κ1) is 22.1. The predicted molar refractivity (Wildman–Crippen MR) is 123 cm³/mol. The lowest BCUT2D eigenvalue weighted by molar-refractivity contribution is -0.118. The van der Waals surface area contributed by atoms with E-state index in [1.54, 1.807) is 35.2 Å². The summed E-state index contributed by atoms with van der Waals surface area (Å²) < 4.78 is 24.3. The van der Waals surface area contributed by atoms with Gasteiger partial charge in [-0.1, -0.05) is 12.1 Å². The van der Waals surface area contributed by atoms with Gasteiger partial charge >= 0.3 is 6.09 Å². The Morgan fingerprint density at radius 3 is 2.85 bits per heavy atom. The maximum absolute atomic E-state index is 13.4. The monoisotopic (exact) mass is 468 g/mol. The molecule has 1 unspecified atom stereocenters. The topological polar surface area (TPSA) is 109 Å². The molecule has 3 heterocycles. The maximum atomic E-state index is 13.4. The van der Waals surface area contributed by atoms with Gasteiger partial charge in [-0.2, -0.15) is 0 Å². The van der Waals surface area contributed by atoms with Gasteiger partial charge in [-0.05, 0) is 54.3 Å². The highest BCUT2D eigenvalue weighted by atomic mass is 19.1. The van der Waals surface area contributed by atoms with Crippen LogP contribution in [0.15, 0.2) is 30.3 Å². The molecule has 5 rings (SSSR count). The van der Waals surface area contributed by atoms with Crippen LogP contribution in [0.1, 0.15) is 29.5 Å². The Kier molecular flexibility index (Phi) is 6.06. The van der Waals surface area contributed by atoms with Crippen LogP contribution in [0.4, 0.5) is 26.2 Å². The molecular weight excluding hydrogens is 443 g/mol. The molecule has 178 valence electrons. The molecule has 1 saturated heterocycles. The van der Waals surface area contributed by atoms with Gasteiger partial charge in [0.1, 0.15) is 18.5 Å². The molecule has 10 heteroatoms. The van der Waals surface area contributed by atoms with Crippen LogP contribution < -0.4 is 25.6 Å². The molecule has 2 aromatic rings. The molecular formula is C24H25FN4O5. The van der Waals surface area contributed by atoms with Crippen LogP contribution in [-0.2, 0) is 34.0 Å². The smallest absolute Gasteiger partial charge is 0.414 e. The molecule has 3 aliphatic rings. The molecule has 0 radical (unpaired) electrons. The highest BCUT2D eigenvalue weighted by Crippen LogP contribution is 2.34. The molecule has 3 aliphatic heterocycles. The molecule has 0 spiro atoms. The van der Waals surface area contributed by atoms with E-state index in [9.17, 15) is 18.8 Å². The first-order valence-electron chi connectivity index (χ1n) is 11.3. The maximum Gasteiger partial charge on any atom is 0.414 e. The van der Waals surface area contributed by atoms with Crippen molar-refractivity contribution in [1.82, 2.24) is 5.32 Å². The Bertz CT molecular complexity index is 1150. The van der Waals surface area contributed by atoms with Crippen molar-refractivity contribution in [3.05, 3.63) is 47.0 Å². The molecule has 0 aromatic heterocycles. The second-order valence-electron chi connectivity index (χ2n) is 8.55. The minimum Gasteiger partial charge on any atom is -0.482 e. The van der Waals surface area contributed by atoms with E-state index in [1.807, 2.05) is 0 Å². The van der Waals surface area contributed by atoms with Crippen molar-refractivity contribution < 1.29 is 28.2 Å². The van der Waals surface area contributed by atoms with Gasteiger partial charge in [-0.3, -0.25) is 14.5 Å². The van der Waals surface area contributed by atoms with E-state index < -0.39 is 12.8 Å². The molecule has 1 fully saturated rings. The second kappa shape index (κ2) is 9.30. The summed E-state index contributed by atoms with van der Waals surface area (Å²) in [6.45, 7) is 0.898. The number of cyclic esters (lactones) is 1. The molecule has 2 aromatic carbocycles. The number of carbonyl (C=O) groups is 3. The summed E-state index contributed by atoms with van der Waals surface area (Å²) in [6.07, 6.45) is 1.07. The lowest BCUT2D eigenvalue weighted by Crippen LogP contribution is -2.27. The van der Waals surface area contributed by atoms with E-state index in [0.29, 0.717) is 55.2 Å². The molecule has 0 saturated carbocycles. The predicted octanol–water partition coefficient (Wildman–Crippen LogP) is 2.88. The quantitative estimate of drug-likeness (QED) is 0.514. The Labute approximate surface area is 195 Å². The zero-order valence-electron chi connectivity index (χ0n) is 18.5. The van der Waals surface area contributed by atoms with Crippen LogP contribution >= 0.6 is 0 Å². The molecule has 0 aliphatic carbocycles. The van der Waals surface area contributed by atoms with Crippen molar-refractivity contribution in [2.45, 2.75) is 38.6 Å².